The number of nitro benzene ring substituents is 1. The number of aliphatic hydroxyl groups excluding tert-OH is 1. The predicted octanol–water partition coefficient (Wildman–Crippen LogP) is 3.11. The SMILES string of the molecule is CN(Cc1ccccc1Cl)C(=O)/C(C#N)=C(\O)c1cc(O)c(O)c([N+](=O)[O-])c1. The van der Waals surface area contributed by atoms with Crippen molar-refractivity contribution in [2.24, 2.45) is 0 Å². The second kappa shape index (κ2) is 8.28. The molecule has 10 heteroatoms. The minimum absolute atomic E-state index is 0.0396. The Hall–Kier alpha value is -3.77. The molecule has 2 aromatic rings. The number of halogens is 1. The van der Waals surface area contributed by atoms with Crippen molar-refractivity contribution in [3.63, 3.8) is 0 Å². The molecular weight excluding hydrogens is 390 g/mol. The number of hydrogen-bond donors (Lipinski definition) is 3. The third kappa shape index (κ3) is 4.13. The van der Waals surface area contributed by atoms with E-state index in [1.165, 1.54) is 7.05 Å². The lowest BCUT2D eigenvalue weighted by molar-refractivity contribution is -0.386. The number of carbonyl (C=O) groups excluding carboxylic acids is 1. The van der Waals surface area contributed by atoms with Crippen LogP contribution >= 0.6 is 11.6 Å². The molecule has 0 spiro atoms. The summed E-state index contributed by atoms with van der Waals surface area (Å²) in [4.78, 5) is 23.7. The van der Waals surface area contributed by atoms with Gasteiger partial charge in [-0.1, -0.05) is 29.8 Å². The van der Waals surface area contributed by atoms with Crippen molar-refractivity contribution >= 4 is 29.0 Å². The monoisotopic (exact) mass is 403 g/mol. The van der Waals surface area contributed by atoms with Crippen LogP contribution < -0.4 is 0 Å². The summed E-state index contributed by atoms with van der Waals surface area (Å²) in [7, 11) is 1.38. The van der Waals surface area contributed by atoms with Crippen LogP contribution in [0.1, 0.15) is 11.1 Å². The van der Waals surface area contributed by atoms with Crippen LogP contribution in [0.3, 0.4) is 0 Å². The normalized spacial score (nSPS) is 11.3. The number of aromatic hydroxyl groups is 2. The number of nitro groups is 1. The molecule has 0 aliphatic heterocycles. The molecule has 2 aromatic carbocycles. The molecule has 0 saturated carbocycles. The highest BCUT2D eigenvalue weighted by atomic mass is 35.5. The fraction of sp³-hybridized carbons (Fsp3) is 0.111. The number of phenolic OH excluding ortho intramolecular Hbond substituents is 2. The van der Waals surface area contributed by atoms with Gasteiger partial charge in [0.25, 0.3) is 5.91 Å². The van der Waals surface area contributed by atoms with Crippen molar-refractivity contribution in [3.8, 4) is 17.6 Å². The topological polar surface area (TPSA) is 148 Å². The predicted molar refractivity (Wildman–Crippen MR) is 99.5 cm³/mol. The van der Waals surface area contributed by atoms with Gasteiger partial charge < -0.3 is 20.2 Å². The molecule has 0 unspecified atom stereocenters. The first-order valence-electron chi connectivity index (χ1n) is 7.70. The van der Waals surface area contributed by atoms with Crippen molar-refractivity contribution in [2.45, 2.75) is 6.54 Å². The Morgan fingerprint density at radius 1 is 1.32 bits per heavy atom. The van der Waals surface area contributed by atoms with Crippen LogP contribution in [-0.2, 0) is 11.3 Å². The maximum Gasteiger partial charge on any atom is 0.315 e. The molecule has 0 aliphatic rings. The van der Waals surface area contributed by atoms with Crippen molar-refractivity contribution in [3.05, 3.63) is 68.2 Å². The number of likely N-dealkylation sites (N-methyl/N-ethyl adjacent to an activating group) is 1. The van der Waals surface area contributed by atoms with E-state index in [4.69, 9.17) is 11.6 Å². The quantitative estimate of drug-likeness (QED) is 0.173. The van der Waals surface area contributed by atoms with Crippen LogP contribution in [-0.4, -0.2) is 38.1 Å². The molecule has 0 heterocycles. The highest BCUT2D eigenvalue weighted by molar-refractivity contribution is 6.31. The first kappa shape index (κ1) is 20.5. The zero-order chi connectivity index (χ0) is 21.0. The summed E-state index contributed by atoms with van der Waals surface area (Å²) >= 11 is 6.04. The standard InChI is InChI=1S/C18H14ClN3O6/c1-21(9-10-4-2-3-5-13(10)19)18(26)12(8-20)16(24)11-6-14(22(27)28)17(25)15(23)7-11/h2-7,23-25H,9H2,1H3/b16-12-. The van der Waals surface area contributed by atoms with Gasteiger partial charge in [-0.25, -0.2) is 0 Å². The number of hydrogen-bond acceptors (Lipinski definition) is 7. The van der Waals surface area contributed by atoms with E-state index in [1.54, 1.807) is 30.3 Å². The third-order valence-corrected chi connectivity index (χ3v) is 4.18. The van der Waals surface area contributed by atoms with Gasteiger partial charge in [-0.15, -0.1) is 0 Å². The molecule has 0 fully saturated rings. The molecule has 3 N–H and O–H groups in total. The summed E-state index contributed by atoms with van der Waals surface area (Å²) < 4.78 is 0. The van der Waals surface area contributed by atoms with Crippen molar-refractivity contribution in [1.29, 1.82) is 5.26 Å². The number of carbonyl (C=O) groups is 1. The molecule has 9 nitrogen and oxygen atoms in total. The molecule has 2 rings (SSSR count). The minimum Gasteiger partial charge on any atom is -0.506 e. The number of benzene rings is 2. The van der Waals surface area contributed by atoms with Gasteiger partial charge in [0.2, 0.25) is 5.75 Å². The average Bonchev–Trinajstić information content (AvgIpc) is 2.65. The van der Waals surface area contributed by atoms with E-state index in [-0.39, 0.29) is 12.1 Å². The summed E-state index contributed by atoms with van der Waals surface area (Å²) in [5.41, 5.74) is -1.36. The number of phenols is 2. The number of aliphatic hydroxyl groups is 1. The lowest BCUT2D eigenvalue weighted by atomic mass is 10.1. The Labute approximate surface area is 164 Å². The van der Waals surface area contributed by atoms with Gasteiger partial charge >= 0.3 is 5.69 Å². The number of amides is 1. The van der Waals surface area contributed by atoms with Crippen LogP contribution in [0, 0.1) is 21.4 Å². The van der Waals surface area contributed by atoms with Crippen LogP contribution in [0.15, 0.2) is 42.0 Å². The summed E-state index contributed by atoms with van der Waals surface area (Å²) in [5, 5.41) is 50.1. The summed E-state index contributed by atoms with van der Waals surface area (Å²) in [6.07, 6.45) is 0. The van der Waals surface area contributed by atoms with Crippen LogP contribution in [0.4, 0.5) is 5.69 Å². The Morgan fingerprint density at radius 2 is 1.96 bits per heavy atom. The zero-order valence-electron chi connectivity index (χ0n) is 14.5. The molecule has 0 aliphatic carbocycles. The Morgan fingerprint density at radius 3 is 2.54 bits per heavy atom. The average molecular weight is 404 g/mol. The largest absolute Gasteiger partial charge is 0.506 e. The fourth-order valence-corrected chi connectivity index (χ4v) is 2.57. The molecule has 28 heavy (non-hydrogen) atoms. The molecule has 0 saturated heterocycles. The van der Waals surface area contributed by atoms with E-state index in [1.807, 2.05) is 0 Å². The Kier molecular flexibility index (Phi) is 6.08. The number of nitriles is 1. The lowest BCUT2D eigenvalue weighted by Gasteiger charge is -2.18. The molecule has 0 radical (unpaired) electrons. The van der Waals surface area contributed by atoms with Gasteiger partial charge in [0, 0.05) is 30.2 Å². The maximum absolute atomic E-state index is 12.6. The van der Waals surface area contributed by atoms with Crippen molar-refractivity contribution in [1.82, 2.24) is 4.90 Å². The summed E-state index contributed by atoms with van der Waals surface area (Å²) in [6, 6.07) is 9.84. The number of nitrogens with zero attached hydrogens (tertiary/aromatic N) is 3. The third-order valence-electron chi connectivity index (χ3n) is 3.81. The van der Waals surface area contributed by atoms with Gasteiger partial charge in [0.05, 0.1) is 4.92 Å². The minimum atomic E-state index is -0.998. The molecule has 144 valence electrons. The van der Waals surface area contributed by atoms with E-state index >= 15 is 0 Å². The second-order valence-corrected chi connectivity index (χ2v) is 6.12. The second-order valence-electron chi connectivity index (χ2n) is 5.71. The van der Waals surface area contributed by atoms with E-state index < -0.39 is 39.3 Å². The lowest BCUT2D eigenvalue weighted by Crippen LogP contribution is -2.28. The van der Waals surface area contributed by atoms with Gasteiger partial charge in [-0.3, -0.25) is 14.9 Å². The highest BCUT2D eigenvalue weighted by Crippen LogP contribution is 2.38. The zero-order valence-corrected chi connectivity index (χ0v) is 15.2. The van der Waals surface area contributed by atoms with Gasteiger partial charge in [0.15, 0.2) is 11.3 Å². The van der Waals surface area contributed by atoms with Gasteiger partial charge in [-0.05, 0) is 17.7 Å². The van der Waals surface area contributed by atoms with E-state index in [9.17, 15) is 35.5 Å². The molecule has 1 amide bonds. The Balaban J connectivity index is 2.43. The van der Waals surface area contributed by atoms with Crippen LogP contribution in [0.25, 0.3) is 5.76 Å². The van der Waals surface area contributed by atoms with Gasteiger partial charge in [-0.2, -0.15) is 5.26 Å². The van der Waals surface area contributed by atoms with E-state index in [2.05, 4.69) is 0 Å². The fourth-order valence-electron chi connectivity index (χ4n) is 2.37. The molecule has 0 aromatic heterocycles. The Bertz CT molecular complexity index is 1030. The van der Waals surface area contributed by atoms with Crippen molar-refractivity contribution in [2.75, 3.05) is 7.05 Å². The summed E-state index contributed by atoms with van der Waals surface area (Å²) in [6.45, 7) is 0.0396. The van der Waals surface area contributed by atoms with Crippen molar-refractivity contribution < 1.29 is 25.0 Å². The van der Waals surface area contributed by atoms with Crippen LogP contribution in [0.5, 0.6) is 11.5 Å². The molecule has 0 atom stereocenters. The van der Waals surface area contributed by atoms with E-state index in [0.29, 0.717) is 10.6 Å². The molecular formula is C18H14ClN3O6. The van der Waals surface area contributed by atoms with Crippen LogP contribution in [0.2, 0.25) is 5.02 Å². The maximum atomic E-state index is 12.6. The smallest absolute Gasteiger partial charge is 0.315 e. The van der Waals surface area contributed by atoms with E-state index in [0.717, 1.165) is 17.0 Å². The summed E-state index contributed by atoms with van der Waals surface area (Å²) in [5.74, 6) is -3.63. The molecule has 0 bridgehead atoms. The first-order valence-corrected chi connectivity index (χ1v) is 8.08. The first-order chi connectivity index (χ1) is 13.2. The highest BCUT2D eigenvalue weighted by Gasteiger charge is 2.25. The number of rotatable bonds is 5. The van der Waals surface area contributed by atoms with Gasteiger partial charge in [0.1, 0.15) is 11.8 Å².